The van der Waals surface area contributed by atoms with Crippen LogP contribution in [-0.2, 0) is 5.41 Å². The van der Waals surface area contributed by atoms with Crippen molar-refractivity contribution in [3.63, 3.8) is 0 Å². The van der Waals surface area contributed by atoms with Crippen LogP contribution in [0.25, 0.3) is 80.7 Å². The summed E-state index contributed by atoms with van der Waals surface area (Å²) in [5.41, 5.74) is 12.3. The maximum Gasteiger partial charge on any atom is 0.0726 e. The van der Waals surface area contributed by atoms with Crippen molar-refractivity contribution >= 4 is 81.1 Å². The molecule has 0 aliphatic heterocycles. The van der Waals surface area contributed by atoms with E-state index < -0.39 is 5.41 Å². The van der Waals surface area contributed by atoms with Gasteiger partial charge in [0.15, 0.2) is 0 Å². The zero-order valence-electron chi connectivity index (χ0n) is 37.3. The van der Waals surface area contributed by atoms with Gasteiger partial charge >= 0.3 is 0 Å². The number of rotatable bonds is 4. The van der Waals surface area contributed by atoms with E-state index in [1.54, 1.807) is 11.3 Å². The van der Waals surface area contributed by atoms with Gasteiger partial charge in [-0.1, -0.05) is 158 Å². The molecule has 0 amide bonds. The van der Waals surface area contributed by atoms with Crippen LogP contribution in [0.3, 0.4) is 0 Å². The molecule has 2 aromatic heterocycles. The van der Waals surface area contributed by atoms with Gasteiger partial charge in [0.1, 0.15) is 0 Å². The van der Waals surface area contributed by atoms with Crippen molar-refractivity contribution < 1.29 is 5.48 Å². The minimum atomic E-state index is -1.07. The molecule has 0 bridgehead atoms. The molecule has 14 rings (SSSR count). The van der Waals surface area contributed by atoms with E-state index >= 15 is 0 Å². The molecule has 62 heavy (non-hydrogen) atoms. The van der Waals surface area contributed by atoms with Crippen LogP contribution >= 0.6 is 11.3 Å². The summed E-state index contributed by atoms with van der Waals surface area (Å²) in [4.78, 5) is 2.39. The average Bonchev–Trinajstić information content (AvgIpc) is 4.01. The first-order chi connectivity index (χ1) is 32.4. The molecule has 0 saturated carbocycles. The monoisotopic (exact) mass is 808 g/mol. The van der Waals surface area contributed by atoms with Crippen LogP contribution < -0.4 is 4.90 Å². The highest BCUT2D eigenvalue weighted by Crippen LogP contribution is 2.62. The summed E-state index contributed by atoms with van der Waals surface area (Å²) in [6.45, 7) is 0. The largest absolute Gasteiger partial charge is 0.310 e. The van der Waals surface area contributed by atoms with Crippen LogP contribution in [0.5, 0.6) is 0 Å². The Bertz CT molecular complexity index is 4070. The Morgan fingerprint density at radius 3 is 2.05 bits per heavy atom. The lowest BCUT2D eigenvalue weighted by molar-refractivity contribution is 0.773. The molecule has 12 aromatic rings. The minimum absolute atomic E-state index is 0.0134. The Morgan fingerprint density at radius 2 is 1.11 bits per heavy atom. The molecule has 10 aromatic carbocycles. The average molecular weight is 809 g/mol. The van der Waals surface area contributed by atoms with Crippen molar-refractivity contribution in [2.45, 2.75) is 5.41 Å². The van der Waals surface area contributed by atoms with Gasteiger partial charge in [-0.15, -0.1) is 11.3 Å². The second kappa shape index (κ2) is 12.7. The molecule has 2 heterocycles. The van der Waals surface area contributed by atoms with Crippen molar-refractivity contribution in [2.75, 3.05) is 4.90 Å². The predicted octanol–water partition coefficient (Wildman–Crippen LogP) is 16.1. The number of aromatic nitrogens is 1. The Kier molecular flexibility index (Phi) is 6.19. The molecule has 2 nitrogen and oxygen atoms in total. The van der Waals surface area contributed by atoms with Crippen LogP contribution in [-0.4, -0.2) is 4.57 Å². The van der Waals surface area contributed by atoms with E-state index in [2.05, 4.69) is 204 Å². The molecule has 0 fully saturated rings. The van der Waals surface area contributed by atoms with Crippen molar-refractivity contribution in [1.29, 1.82) is 0 Å². The summed E-state index contributed by atoms with van der Waals surface area (Å²) in [6.07, 6.45) is 0. The van der Waals surface area contributed by atoms with Gasteiger partial charge in [-0.2, -0.15) is 0 Å². The normalized spacial score (nSPS) is 15.7. The van der Waals surface area contributed by atoms with E-state index in [4.69, 9.17) is 1.37 Å². The standard InChI is InChI=1S/C59H36N2S/c1-2-17-38(18-3-1)61-52-27-10-6-21-44(52)45-34-32-40(36-54(45)61)60(53-28-14-30-56-58(53)47-22-7-11-29-55(47)62-56)39-31-33-43-41-19-4-8-24-48(41)59(51(43)35-39)49-25-9-5-20-42(49)46-23-12-15-37-16-13-26-50(59)57(37)46/h1-36H/i4D,8D,19D,24D. The Balaban J connectivity index is 1.13. The van der Waals surface area contributed by atoms with Crippen molar-refractivity contribution in [3.8, 4) is 27.9 Å². The van der Waals surface area contributed by atoms with Crippen molar-refractivity contribution in [1.82, 2.24) is 4.57 Å². The molecule has 2 aliphatic rings. The molecule has 0 radical (unpaired) electrons. The molecule has 1 unspecified atom stereocenters. The van der Waals surface area contributed by atoms with Crippen LogP contribution in [0.1, 0.15) is 27.7 Å². The fourth-order valence-electron chi connectivity index (χ4n) is 11.1. The summed E-state index contributed by atoms with van der Waals surface area (Å²) in [5, 5.41) is 6.89. The van der Waals surface area contributed by atoms with E-state index in [0.29, 0.717) is 11.1 Å². The number of fused-ring (bicyclic) bond motifs is 15. The van der Waals surface area contributed by atoms with Crippen molar-refractivity contribution in [2.24, 2.45) is 0 Å². The molecule has 2 aliphatic carbocycles. The highest BCUT2D eigenvalue weighted by atomic mass is 32.1. The Labute approximate surface area is 368 Å². The maximum atomic E-state index is 9.84. The summed E-state index contributed by atoms with van der Waals surface area (Å²) >= 11 is 1.80. The van der Waals surface area contributed by atoms with E-state index in [-0.39, 0.29) is 24.2 Å². The van der Waals surface area contributed by atoms with Crippen LogP contribution in [0.2, 0.25) is 0 Å². The van der Waals surface area contributed by atoms with Gasteiger partial charge in [0.25, 0.3) is 0 Å². The van der Waals surface area contributed by atoms with E-state index in [1.165, 1.54) is 25.6 Å². The number of hydrogen-bond acceptors (Lipinski definition) is 2. The summed E-state index contributed by atoms with van der Waals surface area (Å²) in [7, 11) is 0. The second-order valence-electron chi connectivity index (χ2n) is 16.5. The molecule has 0 N–H and O–H groups in total. The fourth-order valence-corrected chi connectivity index (χ4v) is 12.2. The zero-order chi connectivity index (χ0) is 44.0. The molecule has 1 atom stereocenters. The third kappa shape index (κ3) is 4.42. The minimum Gasteiger partial charge on any atom is -0.310 e. The van der Waals surface area contributed by atoms with Gasteiger partial charge < -0.3 is 9.47 Å². The first-order valence-electron chi connectivity index (χ1n) is 23.1. The summed E-state index contributed by atoms with van der Waals surface area (Å²) < 4.78 is 42.4. The first-order valence-corrected chi connectivity index (χ1v) is 21.9. The number of para-hydroxylation sites is 2. The SMILES string of the molecule is [2H]c1c([2H])c([2H])c2c(c1[2H])-c1ccc(N(c3ccc4c5ccccc5n(-c5ccccc5)c4c3)c3cccc4sc5ccccc5c34)cc1C21c2ccccc2-c2cccc3cccc1c23. The van der Waals surface area contributed by atoms with Gasteiger partial charge in [-0.25, -0.2) is 0 Å². The molecular formula is C59H36N2S. The third-order valence-electron chi connectivity index (χ3n) is 13.5. The number of thiophene rings is 1. The highest BCUT2D eigenvalue weighted by Gasteiger charge is 2.50. The number of nitrogens with zero attached hydrogens (tertiary/aromatic N) is 2. The molecule has 0 saturated heterocycles. The zero-order valence-corrected chi connectivity index (χ0v) is 34.1. The molecule has 288 valence electrons. The lowest BCUT2D eigenvalue weighted by Crippen LogP contribution is -2.32. The Morgan fingerprint density at radius 1 is 0.435 bits per heavy atom. The lowest BCUT2D eigenvalue weighted by Gasteiger charge is -2.40. The van der Waals surface area contributed by atoms with E-state index in [0.717, 1.165) is 83.3 Å². The number of anilines is 3. The van der Waals surface area contributed by atoms with Gasteiger partial charge in [0.2, 0.25) is 0 Å². The van der Waals surface area contributed by atoms with E-state index in [1.807, 2.05) is 0 Å². The van der Waals surface area contributed by atoms with Crippen LogP contribution in [0.15, 0.2) is 218 Å². The second-order valence-corrected chi connectivity index (χ2v) is 17.5. The van der Waals surface area contributed by atoms with Crippen LogP contribution in [0, 0.1) is 0 Å². The molecular weight excluding hydrogens is 769 g/mol. The summed E-state index contributed by atoms with van der Waals surface area (Å²) in [6, 6.07) is 68.7. The van der Waals surface area contributed by atoms with Gasteiger partial charge in [-0.3, -0.25) is 0 Å². The van der Waals surface area contributed by atoms with Crippen LogP contribution in [0.4, 0.5) is 17.1 Å². The number of benzene rings is 10. The maximum absolute atomic E-state index is 9.84. The predicted molar refractivity (Wildman–Crippen MR) is 262 cm³/mol. The molecule has 1 spiro atoms. The third-order valence-corrected chi connectivity index (χ3v) is 14.6. The lowest BCUT2D eigenvalue weighted by atomic mass is 9.61. The topological polar surface area (TPSA) is 8.17 Å². The van der Waals surface area contributed by atoms with Gasteiger partial charge in [-0.05, 0) is 116 Å². The number of hydrogen-bond donors (Lipinski definition) is 0. The van der Waals surface area contributed by atoms with Gasteiger partial charge in [0, 0.05) is 48.0 Å². The fraction of sp³-hybridized carbons (Fsp3) is 0.0169. The van der Waals surface area contributed by atoms with E-state index in [9.17, 15) is 4.11 Å². The highest BCUT2D eigenvalue weighted by molar-refractivity contribution is 7.26. The smallest absolute Gasteiger partial charge is 0.0726 e. The first kappa shape index (κ1) is 30.3. The molecule has 3 heteroatoms. The quantitative estimate of drug-likeness (QED) is 0.172. The Hall–Kier alpha value is -7.72. The summed E-state index contributed by atoms with van der Waals surface area (Å²) in [5.74, 6) is 0. The van der Waals surface area contributed by atoms with Gasteiger partial charge in [0.05, 0.1) is 27.6 Å². The van der Waals surface area contributed by atoms with Crippen molar-refractivity contribution in [3.05, 3.63) is 241 Å².